The molecule has 0 aliphatic carbocycles. The molecule has 0 saturated heterocycles. The van der Waals surface area contributed by atoms with Gasteiger partial charge in [0, 0.05) is 33.6 Å². The lowest BCUT2D eigenvalue weighted by molar-refractivity contribution is -0.870. The summed E-state index contributed by atoms with van der Waals surface area (Å²) in [5.41, 5.74) is 0.617. The van der Waals surface area contributed by atoms with Crippen molar-refractivity contribution in [3.8, 4) is 21.8 Å². The van der Waals surface area contributed by atoms with Crippen LogP contribution in [0, 0.1) is 0 Å². The number of benzene rings is 2. The molecule has 2 aromatic carbocycles. The number of anilines is 1. The number of halogens is 5. The summed E-state index contributed by atoms with van der Waals surface area (Å²) in [5, 5.41) is 5.44. The van der Waals surface area contributed by atoms with Crippen molar-refractivity contribution in [2.24, 2.45) is 0 Å². The zero-order chi connectivity index (χ0) is 23.5. The van der Waals surface area contributed by atoms with E-state index in [1.165, 1.54) is 6.07 Å². The Morgan fingerprint density at radius 3 is 2.48 bits per heavy atom. The third-order valence-electron chi connectivity index (χ3n) is 4.82. The minimum absolute atomic E-state index is 0. The van der Waals surface area contributed by atoms with E-state index in [2.05, 4.69) is 10.3 Å². The summed E-state index contributed by atoms with van der Waals surface area (Å²) in [4.78, 5) is 16.1. The zero-order valence-corrected chi connectivity index (χ0v) is 20.6. The van der Waals surface area contributed by atoms with Crippen LogP contribution < -0.4 is 17.7 Å². The molecule has 0 fully saturated rings. The van der Waals surface area contributed by atoms with Gasteiger partial charge in [-0.1, -0.05) is 29.8 Å². The summed E-state index contributed by atoms with van der Waals surface area (Å²) in [5.74, 6) is 0. The van der Waals surface area contributed by atoms with Crippen molar-refractivity contribution in [3.63, 3.8) is 0 Å². The first-order chi connectivity index (χ1) is 15.0. The van der Waals surface area contributed by atoms with E-state index in [1.54, 1.807) is 35.7 Å². The van der Waals surface area contributed by atoms with Crippen LogP contribution >= 0.6 is 22.9 Å². The summed E-state index contributed by atoms with van der Waals surface area (Å²) < 4.78 is 42.3. The maximum Gasteiger partial charge on any atom is 0.417 e. The minimum Gasteiger partial charge on any atom is -1.00 e. The highest BCUT2D eigenvalue weighted by Crippen LogP contribution is 2.43. The molecule has 0 aliphatic rings. The Kier molecular flexibility index (Phi) is 8.93. The topological polar surface area (TPSA) is 42.0 Å². The van der Waals surface area contributed by atoms with Gasteiger partial charge in [-0.3, -0.25) is 0 Å². The van der Waals surface area contributed by atoms with Gasteiger partial charge in [-0.25, -0.2) is 4.98 Å². The van der Waals surface area contributed by atoms with E-state index in [-0.39, 0.29) is 28.7 Å². The Bertz CT molecular complexity index is 1100. The second-order valence-electron chi connectivity index (χ2n) is 8.46. The lowest BCUT2D eigenvalue weighted by Crippen LogP contribution is -3.00. The van der Waals surface area contributed by atoms with Crippen LogP contribution in [0.2, 0.25) is 5.02 Å². The molecule has 1 unspecified atom stereocenters. The fourth-order valence-electron chi connectivity index (χ4n) is 3.21. The van der Waals surface area contributed by atoms with E-state index in [9.17, 15) is 18.0 Å². The van der Waals surface area contributed by atoms with Crippen molar-refractivity contribution in [2.45, 2.75) is 18.6 Å². The van der Waals surface area contributed by atoms with Crippen molar-refractivity contribution in [2.75, 3.05) is 33.0 Å². The van der Waals surface area contributed by atoms with E-state index in [1.807, 2.05) is 21.1 Å². The Morgan fingerprint density at radius 2 is 1.88 bits per heavy atom. The molecule has 0 saturated carbocycles. The predicted octanol–water partition coefficient (Wildman–Crippen LogP) is 3.23. The van der Waals surface area contributed by atoms with Gasteiger partial charge in [-0.05, 0) is 24.3 Å². The van der Waals surface area contributed by atoms with Crippen molar-refractivity contribution in [1.82, 2.24) is 4.98 Å². The number of alkyl halides is 3. The van der Waals surface area contributed by atoms with Gasteiger partial charge in [0.2, 0.25) is 0 Å². The van der Waals surface area contributed by atoms with Crippen molar-refractivity contribution in [3.05, 3.63) is 58.4 Å². The second kappa shape index (κ2) is 10.9. The van der Waals surface area contributed by atoms with Gasteiger partial charge in [0.25, 0.3) is 0 Å². The van der Waals surface area contributed by atoms with Gasteiger partial charge in [-0.2, -0.15) is 13.2 Å². The Balaban J connectivity index is 0.00000385. The molecular weight excluding hydrogens is 494 g/mol. The number of quaternary nitrogens is 1. The molecule has 33 heavy (non-hydrogen) atoms. The summed E-state index contributed by atoms with van der Waals surface area (Å²) in [6.45, 7) is 0.681. The number of aldehydes is 1. The third-order valence-corrected chi connectivity index (χ3v) is 5.92. The number of nitrogens with one attached hydrogen (secondary N) is 1. The molecule has 3 aromatic rings. The maximum atomic E-state index is 13.9. The summed E-state index contributed by atoms with van der Waals surface area (Å²) in [6.07, 6.45) is -3.36. The molecule has 0 bridgehead atoms. The Labute approximate surface area is 206 Å². The van der Waals surface area contributed by atoms with Crippen LogP contribution in [0.15, 0.2) is 47.8 Å². The average Bonchev–Trinajstić information content (AvgIpc) is 3.19. The van der Waals surface area contributed by atoms with Crippen LogP contribution in [0.4, 0.5) is 18.9 Å². The summed E-state index contributed by atoms with van der Waals surface area (Å²) in [6, 6.07) is 10.3. The average molecular weight is 518 g/mol. The Hall–Kier alpha value is -2.13. The number of thiazole rings is 1. The molecule has 1 N–H and O–H groups in total. The first-order valence-electron chi connectivity index (χ1n) is 9.92. The highest BCUT2D eigenvalue weighted by Gasteiger charge is 2.36. The highest BCUT2D eigenvalue weighted by molar-refractivity contribution is 7.13. The normalized spacial score (nSPS) is 12.7. The molecule has 10 heteroatoms. The highest BCUT2D eigenvalue weighted by atomic mass is 35.5. The van der Waals surface area contributed by atoms with Crippen molar-refractivity contribution >= 4 is 34.9 Å². The fraction of sp³-hybridized carbons (Fsp3) is 0.304. The fourth-order valence-corrected chi connectivity index (χ4v) is 4.30. The van der Waals surface area contributed by atoms with Crippen LogP contribution in [0.5, 0.6) is 0 Å². The molecule has 0 aliphatic heterocycles. The molecular formula is C23H24Cl2F3N3OS. The number of nitrogens with zero attached hydrogens (tertiary/aromatic N) is 2. The molecule has 1 heterocycles. The number of hydrogen-bond donors (Lipinski definition) is 1. The number of carbonyl (C=O) groups excluding carboxylic acids is 1. The Morgan fingerprint density at radius 1 is 1.18 bits per heavy atom. The lowest BCUT2D eigenvalue weighted by atomic mass is 10.0. The molecule has 178 valence electrons. The third kappa shape index (κ3) is 7.17. The first kappa shape index (κ1) is 27.1. The number of hydrogen-bond acceptors (Lipinski definition) is 4. The van der Waals surface area contributed by atoms with Gasteiger partial charge in [0.1, 0.15) is 11.3 Å². The van der Waals surface area contributed by atoms with E-state index < -0.39 is 17.8 Å². The number of rotatable bonds is 8. The van der Waals surface area contributed by atoms with Crippen molar-refractivity contribution in [1.29, 1.82) is 0 Å². The number of carbonyl (C=O) groups is 1. The molecule has 0 radical (unpaired) electrons. The maximum absolute atomic E-state index is 13.9. The lowest BCUT2D eigenvalue weighted by Gasteiger charge is -2.26. The van der Waals surface area contributed by atoms with Crippen LogP contribution in [0.3, 0.4) is 0 Å². The van der Waals surface area contributed by atoms with Gasteiger partial charge >= 0.3 is 6.18 Å². The number of aromatic nitrogens is 1. The summed E-state index contributed by atoms with van der Waals surface area (Å²) >= 11 is 7.16. The van der Waals surface area contributed by atoms with E-state index in [0.29, 0.717) is 33.7 Å². The van der Waals surface area contributed by atoms with E-state index in [4.69, 9.17) is 11.6 Å². The van der Waals surface area contributed by atoms with E-state index >= 15 is 0 Å². The quantitative estimate of drug-likeness (QED) is 0.368. The first-order valence-corrected chi connectivity index (χ1v) is 11.2. The van der Waals surface area contributed by atoms with Crippen LogP contribution in [0.25, 0.3) is 21.8 Å². The van der Waals surface area contributed by atoms with Gasteiger partial charge in [-0.15, -0.1) is 11.3 Å². The second-order valence-corrected chi connectivity index (χ2v) is 9.76. The van der Waals surface area contributed by atoms with Crippen molar-refractivity contribution < 1.29 is 34.9 Å². The van der Waals surface area contributed by atoms with E-state index in [0.717, 1.165) is 23.7 Å². The van der Waals surface area contributed by atoms with Gasteiger partial charge < -0.3 is 27.0 Å². The van der Waals surface area contributed by atoms with Crippen LogP contribution in [-0.2, 0) is 11.0 Å². The van der Waals surface area contributed by atoms with Gasteiger partial charge in [0.15, 0.2) is 0 Å². The van der Waals surface area contributed by atoms with Crippen LogP contribution in [0.1, 0.15) is 12.0 Å². The predicted molar refractivity (Wildman–Crippen MR) is 124 cm³/mol. The summed E-state index contributed by atoms with van der Waals surface area (Å²) in [7, 11) is 5.97. The SMILES string of the molecule is C[N+](C)(C)CCC(C=O)Nc1cccc(C(F)(F)F)c1-c1nc(-c2cccc(Cl)c2)cs1.[Cl-]. The van der Waals surface area contributed by atoms with Crippen LogP contribution in [-0.4, -0.2) is 49.5 Å². The van der Waals surface area contributed by atoms with Gasteiger partial charge in [0.05, 0.1) is 45.0 Å². The molecule has 3 rings (SSSR count). The molecule has 1 atom stereocenters. The minimum atomic E-state index is -4.58. The monoisotopic (exact) mass is 517 g/mol. The molecule has 0 amide bonds. The molecule has 4 nitrogen and oxygen atoms in total. The molecule has 0 spiro atoms. The molecule has 1 aromatic heterocycles. The zero-order valence-electron chi connectivity index (χ0n) is 18.3. The smallest absolute Gasteiger partial charge is 0.417 e. The standard InChI is InChI=1S/C23H24ClF3N3OS.ClH/c1-30(2,3)11-10-17(13-31)28-19-9-5-8-18(23(25,26)27)21(19)22-29-20(14-32-22)15-6-4-7-16(24)12-15;/h4-9,12-14,17,28H,10-11H2,1-3H3;1H/q+1;/p-1. The largest absolute Gasteiger partial charge is 1.00 e.